The molecule has 3 rings (SSSR count). The summed E-state index contributed by atoms with van der Waals surface area (Å²) in [4.78, 5) is 17.5. The number of aryl methyl sites for hydroxylation is 1. The van der Waals surface area contributed by atoms with Crippen LogP contribution in [-0.4, -0.2) is 43.5 Å². The molecule has 0 aliphatic heterocycles. The molecule has 8 nitrogen and oxygen atoms in total. The number of rotatable bonds is 7. The Morgan fingerprint density at radius 1 is 1.13 bits per heavy atom. The number of phenols is 1. The van der Waals surface area contributed by atoms with Crippen LogP contribution in [0.3, 0.4) is 0 Å². The Morgan fingerprint density at radius 2 is 1.90 bits per heavy atom. The number of methoxy groups -OCH3 is 3. The highest BCUT2D eigenvalue weighted by molar-refractivity contribution is 7.17. The highest BCUT2D eigenvalue weighted by atomic mass is 32.1. The van der Waals surface area contributed by atoms with Crippen LogP contribution in [0.2, 0.25) is 0 Å². The molecule has 0 aliphatic carbocycles. The average molecular weight is 427 g/mol. The van der Waals surface area contributed by atoms with E-state index in [1.54, 1.807) is 39.3 Å². The molecule has 0 atom stereocenters. The molecule has 9 heteroatoms. The number of aromatic nitrogens is 1. The van der Waals surface area contributed by atoms with Crippen LogP contribution in [0.25, 0.3) is 10.6 Å². The van der Waals surface area contributed by atoms with Crippen LogP contribution in [0.4, 0.5) is 0 Å². The quantitative estimate of drug-likeness (QED) is 0.441. The van der Waals surface area contributed by atoms with Crippen molar-refractivity contribution in [2.45, 2.75) is 6.92 Å². The number of hydrazone groups is 1. The summed E-state index contributed by atoms with van der Waals surface area (Å²) in [5.74, 6) is 1.10. The molecule has 0 unspecified atom stereocenters. The minimum atomic E-state index is -0.382. The van der Waals surface area contributed by atoms with Gasteiger partial charge < -0.3 is 19.3 Å². The van der Waals surface area contributed by atoms with Crippen molar-refractivity contribution in [2.75, 3.05) is 21.3 Å². The zero-order valence-electron chi connectivity index (χ0n) is 16.9. The van der Waals surface area contributed by atoms with Gasteiger partial charge in [0.1, 0.15) is 9.88 Å². The second kappa shape index (κ2) is 9.27. The van der Waals surface area contributed by atoms with Gasteiger partial charge in [0.05, 0.1) is 38.8 Å². The van der Waals surface area contributed by atoms with E-state index >= 15 is 0 Å². The van der Waals surface area contributed by atoms with Gasteiger partial charge >= 0.3 is 0 Å². The second-order valence-electron chi connectivity index (χ2n) is 6.11. The lowest BCUT2D eigenvalue weighted by atomic mass is 10.2. The van der Waals surface area contributed by atoms with Gasteiger partial charge in [-0.05, 0) is 42.8 Å². The van der Waals surface area contributed by atoms with Crippen molar-refractivity contribution >= 4 is 23.5 Å². The number of carbonyl (C=O) groups excluding carboxylic acids is 1. The minimum Gasteiger partial charge on any atom is -0.504 e. The third-order valence-corrected chi connectivity index (χ3v) is 5.41. The number of nitrogens with zero attached hydrogens (tertiary/aromatic N) is 2. The molecule has 3 aromatic rings. The van der Waals surface area contributed by atoms with E-state index in [2.05, 4.69) is 15.5 Å². The molecule has 0 saturated carbocycles. The maximum Gasteiger partial charge on any atom is 0.283 e. The lowest BCUT2D eigenvalue weighted by molar-refractivity contribution is 0.0958. The fourth-order valence-corrected chi connectivity index (χ4v) is 3.76. The topological polar surface area (TPSA) is 102 Å². The van der Waals surface area contributed by atoms with Crippen molar-refractivity contribution in [2.24, 2.45) is 5.10 Å². The van der Waals surface area contributed by atoms with Gasteiger partial charge in [-0.1, -0.05) is 6.07 Å². The Bertz CT molecular complexity index is 1090. The summed E-state index contributed by atoms with van der Waals surface area (Å²) in [6.45, 7) is 1.76. The van der Waals surface area contributed by atoms with Crippen molar-refractivity contribution in [3.8, 4) is 33.6 Å². The molecule has 1 heterocycles. The minimum absolute atomic E-state index is 0.0112. The SMILES string of the molecule is COc1ccc(/C=N/NC(=O)c2sc(-c3cccc(OC)c3OC)nc2C)cc1O. The lowest BCUT2D eigenvalue weighted by Crippen LogP contribution is -2.17. The van der Waals surface area contributed by atoms with Crippen molar-refractivity contribution in [1.82, 2.24) is 10.4 Å². The first-order valence-corrected chi connectivity index (χ1v) is 9.69. The van der Waals surface area contributed by atoms with Crippen molar-refractivity contribution < 1.29 is 24.1 Å². The van der Waals surface area contributed by atoms with Crippen LogP contribution in [0.15, 0.2) is 41.5 Å². The van der Waals surface area contributed by atoms with Gasteiger partial charge in [0, 0.05) is 0 Å². The lowest BCUT2D eigenvalue weighted by Gasteiger charge is -2.10. The Kier molecular flexibility index (Phi) is 6.53. The average Bonchev–Trinajstić information content (AvgIpc) is 3.14. The number of hydrogen-bond acceptors (Lipinski definition) is 8. The standard InChI is InChI=1S/C21H21N3O5S/c1-12-19(20(26)24-22-11-13-8-9-16(27-2)15(25)10-13)30-21(23-12)14-6-5-7-17(28-3)18(14)29-4/h5-11,25H,1-4H3,(H,24,26)/b22-11+. The molecule has 0 spiro atoms. The maximum atomic E-state index is 12.6. The smallest absolute Gasteiger partial charge is 0.283 e. The zero-order valence-corrected chi connectivity index (χ0v) is 17.7. The van der Waals surface area contributed by atoms with Crippen molar-refractivity contribution in [1.29, 1.82) is 0 Å². The van der Waals surface area contributed by atoms with Gasteiger partial charge in [-0.2, -0.15) is 5.10 Å². The number of amides is 1. The molecule has 1 aromatic heterocycles. The molecule has 1 amide bonds. The van der Waals surface area contributed by atoms with E-state index in [9.17, 15) is 9.90 Å². The first kappa shape index (κ1) is 21.1. The van der Waals surface area contributed by atoms with E-state index in [1.165, 1.54) is 30.7 Å². The van der Waals surface area contributed by atoms with E-state index in [1.807, 2.05) is 12.1 Å². The molecule has 0 fully saturated rings. The van der Waals surface area contributed by atoms with Gasteiger partial charge in [-0.25, -0.2) is 10.4 Å². The van der Waals surface area contributed by atoms with Crippen LogP contribution in [0.1, 0.15) is 20.9 Å². The van der Waals surface area contributed by atoms with Crippen LogP contribution in [0.5, 0.6) is 23.0 Å². The molecule has 0 bridgehead atoms. The van der Waals surface area contributed by atoms with E-state index in [0.717, 1.165) is 5.56 Å². The molecular weight excluding hydrogens is 406 g/mol. The van der Waals surface area contributed by atoms with E-state index in [-0.39, 0.29) is 11.7 Å². The number of ether oxygens (including phenoxy) is 3. The van der Waals surface area contributed by atoms with Gasteiger partial charge in [0.2, 0.25) is 0 Å². The third-order valence-electron chi connectivity index (χ3n) is 4.22. The first-order chi connectivity index (χ1) is 14.5. The number of hydrogen-bond donors (Lipinski definition) is 2. The fourth-order valence-electron chi connectivity index (χ4n) is 2.78. The molecular formula is C21H21N3O5S. The molecule has 0 radical (unpaired) electrons. The van der Waals surface area contributed by atoms with Crippen LogP contribution in [0, 0.1) is 6.92 Å². The number of benzene rings is 2. The first-order valence-electron chi connectivity index (χ1n) is 8.87. The summed E-state index contributed by atoms with van der Waals surface area (Å²) in [5, 5.41) is 14.4. The summed E-state index contributed by atoms with van der Waals surface area (Å²) in [6.07, 6.45) is 1.43. The van der Waals surface area contributed by atoms with Crippen LogP contribution in [-0.2, 0) is 0 Å². The van der Waals surface area contributed by atoms with E-state index in [0.29, 0.717) is 38.4 Å². The van der Waals surface area contributed by atoms with Gasteiger partial charge in [-0.3, -0.25) is 4.79 Å². The summed E-state index contributed by atoms with van der Waals surface area (Å²) in [5.41, 5.74) is 4.41. The van der Waals surface area contributed by atoms with Crippen LogP contribution < -0.4 is 19.6 Å². The number of nitrogens with one attached hydrogen (secondary N) is 1. The molecule has 30 heavy (non-hydrogen) atoms. The molecule has 2 aromatic carbocycles. The highest BCUT2D eigenvalue weighted by Crippen LogP contribution is 2.40. The Balaban J connectivity index is 1.79. The number of para-hydroxylation sites is 1. The Hall–Kier alpha value is -3.59. The third kappa shape index (κ3) is 4.36. The number of carbonyl (C=O) groups is 1. The fraction of sp³-hybridized carbons (Fsp3) is 0.190. The van der Waals surface area contributed by atoms with E-state index < -0.39 is 0 Å². The molecule has 2 N–H and O–H groups in total. The summed E-state index contributed by atoms with van der Waals surface area (Å²) in [6, 6.07) is 10.3. The Labute approximate surface area is 177 Å². The van der Waals surface area contributed by atoms with Crippen molar-refractivity contribution in [3.05, 3.63) is 52.5 Å². The van der Waals surface area contributed by atoms with E-state index in [4.69, 9.17) is 14.2 Å². The highest BCUT2D eigenvalue weighted by Gasteiger charge is 2.19. The van der Waals surface area contributed by atoms with Crippen LogP contribution >= 0.6 is 11.3 Å². The number of thiazole rings is 1. The summed E-state index contributed by atoms with van der Waals surface area (Å²) in [7, 11) is 4.59. The molecule has 156 valence electrons. The van der Waals surface area contributed by atoms with Gasteiger partial charge in [-0.15, -0.1) is 11.3 Å². The number of aromatic hydroxyl groups is 1. The van der Waals surface area contributed by atoms with Gasteiger partial charge in [0.25, 0.3) is 5.91 Å². The molecule has 0 aliphatic rings. The second-order valence-corrected chi connectivity index (χ2v) is 7.10. The predicted molar refractivity (Wildman–Crippen MR) is 115 cm³/mol. The predicted octanol–water partition coefficient (Wildman–Crippen LogP) is 3.61. The zero-order chi connectivity index (χ0) is 21.7. The largest absolute Gasteiger partial charge is 0.504 e. The van der Waals surface area contributed by atoms with Gasteiger partial charge in [0.15, 0.2) is 23.0 Å². The monoisotopic (exact) mass is 427 g/mol. The normalized spacial score (nSPS) is 10.8. The summed E-state index contributed by atoms with van der Waals surface area (Å²) >= 11 is 1.23. The molecule has 0 saturated heterocycles. The number of phenolic OH excluding ortho intramolecular Hbond substituents is 1. The summed E-state index contributed by atoms with van der Waals surface area (Å²) < 4.78 is 15.8. The Morgan fingerprint density at radius 3 is 2.57 bits per heavy atom. The maximum absolute atomic E-state index is 12.6. The van der Waals surface area contributed by atoms with Crippen molar-refractivity contribution in [3.63, 3.8) is 0 Å².